The minimum absolute atomic E-state index is 0.0998. The monoisotopic (exact) mass is 378 g/mol. The molecule has 0 amide bonds. The maximum Gasteiger partial charge on any atom is 0.263 e. The van der Waals surface area contributed by atoms with Crippen LogP contribution >= 0.6 is 0 Å². The number of nitrogens with zero attached hydrogens (tertiary/aromatic N) is 1. The molecule has 0 atom stereocenters. The van der Waals surface area contributed by atoms with Gasteiger partial charge in [0.2, 0.25) is 0 Å². The Kier molecular flexibility index (Phi) is 4.78. The fraction of sp³-hybridized carbons (Fsp3) is 0.167. The number of benzene rings is 2. The van der Waals surface area contributed by atoms with E-state index >= 15 is 0 Å². The van der Waals surface area contributed by atoms with Gasteiger partial charge in [-0.3, -0.25) is 4.98 Å². The van der Waals surface area contributed by atoms with Gasteiger partial charge in [0.05, 0.1) is 23.2 Å². The number of aromatic nitrogens is 1. The van der Waals surface area contributed by atoms with Gasteiger partial charge in [-0.2, -0.15) is 0 Å². The molecule has 0 bridgehead atoms. The molecule has 8 heteroatoms. The first kappa shape index (κ1) is 18.1. The number of fused-ring (bicyclic) bond motifs is 1. The Hall–Kier alpha value is -2.74. The molecular weight excluding hydrogens is 362 g/mol. The second kappa shape index (κ2) is 6.87. The third-order valence-corrected chi connectivity index (χ3v) is 5.00. The van der Waals surface area contributed by atoms with Crippen LogP contribution in [0.1, 0.15) is 12.0 Å². The van der Waals surface area contributed by atoms with Crippen molar-refractivity contribution in [1.29, 1.82) is 0 Å². The second-order valence-corrected chi connectivity index (χ2v) is 7.71. The summed E-state index contributed by atoms with van der Waals surface area (Å²) in [6, 6.07) is 10.5. The summed E-state index contributed by atoms with van der Waals surface area (Å²) in [5.41, 5.74) is 1.52. The summed E-state index contributed by atoms with van der Waals surface area (Å²) < 4.78 is 54.4. The minimum atomic E-state index is -3.36. The normalized spacial score (nSPS) is 11.7. The van der Waals surface area contributed by atoms with Crippen molar-refractivity contribution in [2.45, 2.75) is 11.3 Å². The molecule has 1 heterocycles. The van der Waals surface area contributed by atoms with E-state index in [0.29, 0.717) is 28.0 Å². The summed E-state index contributed by atoms with van der Waals surface area (Å²) in [5.74, 6) is 0.349. The predicted molar refractivity (Wildman–Crippen MR) is 96.1 cm³/mol. The van der Waals surface area contributed by atoms with Crippen LogP contribution in [-0.4, -0.2) is 26.8 Å². The number of hydrogen-bond donors (Lipinski definition) is 1. The van der Waals surface area contributed by atoms with Gasteiger partial charge >= 0.3 is 0 Å². The molecule has 5 nitrogen and oxygen atoms in total. The van der Waals surface area contributed by atoms with Gasteiger partial charge in [-0.15, -0.1) is 0 Å². The van der Waals surface area contributed by atoms with Crippen LogP contribution in [0.4, 0.5) is 20.2 Å². The third kappa shape index (κ3) is 3.60. The molecule has 0 saturated heterocycles. The number of hydrogen-bond acceptors (Lipinski definition) is 5. The van der Waals surface area contributed by atoms with Gasteiger partial charge in [0.1, 0.15) is 5.75 Å². The van der Waals surface area contributed by atoms with Gasteiger partial charge in [0, 0.05) is 35.2 Å². The number of halogens is 2. The van der Waals surface area contributed by atoms with Crippen molar-refractivity contribution in [3.8, 4) is 5.75 Å². The molecule has 0 radical (unpaired) electrons. The lowest BCUT2D eigenvalue weighted by Gasteiger charge is -2.14. The zero-order valence-electron chi connectivity index (χ0n) is 14.0. The zero-order valence-corrected chi connectivity index (χ0v) is 14.8. The summed E-state index contributed by atoms with van der Waals surface area (Å²) in [5, 5.41) is 3.80. The maximum absolute atomic E-state index is 12.9. The molecule has 26 heavy (non-hydrogen) atoms. The first-order valence-corrected chi connectivity index (χ1v) is 9.50. The van der Waals surface area contributed by atoms with E-state index in [1.165, 1.54) is 37.6 Å². The SMILES string of the molecule is COc1cc(S(C)(=O)=O)ccc1Nc1ccnc2cc(C(F)F)ccc12. The highest BCUT2D eigenvalue weighted by atomic mass is 32.2. The largest absolute Gasteiger partial charge is 0.495 e. The number of nitrogens with one attached hydrogen (secondary N) is 1. The topological polar surface area (TPSA) is 68.3 Å². The first-order valence-electron chi connectivity index (χ1n) is 7.61. The van der Waals surface area contributed by atoms with Crippen LogP contribution in [0.15, 0.2) is 53.6 Å². The third-order valence-electron chi connectivity index (χ3n) is 3.89. The summed E-state index contributed by atoms with van der Waals surface area (Å²) >= 11 is 0. The Morgan fingerprint density at radius 2 is 1.85 bits per heavy atom. The van der Waals surface area contributed by atoms with Crippen LogP contribution < -0.4 is 10.1 Å². The summed E-state index contributed by atoms with van der Waals surface area (Å²) in [6.45, 7) is 0. The van der Waals surface area contributed by atoms with E-state index in [9.17, 15) is 17.2 Å². The van der Waals surface area contributed by atoms with E-state index in [1.54, 1.807) is 18.2 Å². The number of ether oxygens (including phenoxy) is 1. The summed E-state index contributed by atoms with van der Waals surface area (Å²) in [4.78, 5) is 4.27. The Morgan fingerprint density at radius 3 is 2.50 bits per heavy atom. The predicted octanol–water partition coefficient (Wildman–Crippen LogP) is 4.33. The number of rotatable bonds is 5. The lowest BCUT2D eigenvalue weighted by atomic mass is 10.1. The van der Waals surface area contributed by atoms with E-state index in [-0.39, 0.29) is 10.5 Å². The van der Waals surface area contributed by atoms with Crippen LogP contribution in [0.3, 0.4) is 0 Å². The van der Waals surface area contributed by atoms with Gasteiger partial charge in [-0.1, -0.05) is 12.1 Å². The fourth-order valence-corrected chi connectivity index (χ4v) is 3.20. The van der Waals surface area contributed by atoms with Crippen LogP contribution in [0.2, 0.25) is 0 Å². The molecule has 1 N–H and O–H groups in total. The molecule has 3 rings (SSSR count). The lowest BCUT2D eigenvalue weighted by molar-refractivity contribution is 0.151. The van der Waals surface area contributed by atoms with E-state index in [2.05, 4.69) is 10.3 Å². The Balaban J connectivity index is 2.04. The van der Waals surface area contributed by atoms with Crippen LogP contribution in [-0.2, 0) is 9.84 Å². The van der Waals surface area contributed by atoms with Gasteiger partial charge in [-0.25, -0.2) is 17.2 Å². The first-order chi connectivity index (χ1) is 12.3. The molecule has 1 aromatic heterocycles. The number of methoxy groups -OCH3 is 1. The Labute approximate surface area is 149 Å². The van der Waals surface area contributed by atoms with Crippen molar-refractivity contribution in [3.63, 3.8) is 0 Å². The van der Waals surface area contributed by atoms with Crippen molar-refractivity contribution in [1.82, 2.24) is 4.98 Å². The lowest BCUT2D eigenvalue weighted by Crippen LogP contribution is -2.01. The van der Waals surface area contributed by atoms with Crippen LogP contribution in [0.5, 0.6) is 5.75 Å². The van der Waals surface area contributed by atoms with Crippen LogP contribution in [0.25, 0.3) is 10.9 Å². The molecule has 0 aliphatic carbocycles. The average molecular weight is 378 g/mol. The van der Waals surface area contributed by atoms with Crippen molar-refractivity contribution in [2.24, 2.45) is 0 Å². The van der Waals surface area contributed by atoms with Gasteiger partial charge in [0.15, 0.2) is 9.84 Å². The zero-order chi connectivity index (χ0) is 18.9. The number of alkyl halides is 2. The van der Waals surface area contributed by atoms with Crippen LogP contribution in [0, 0.1) is 0 Å². The number of pyridine rings is 1. The van der Waals surface area contributed by atoms with Gasteiger partial charge in [0.25, 0.3) is 6.43 Å². The molecule has 136 valence electrons. The fourth-order valence-electron chi connectivity index (χ4n) is 2.56. The molecule has 0 aliphatic rings. The van der Waals surface area contributed by atoms with Crippen molar-refractivity contribution in [2.75, 3.05) is 18.7 Å². The number of anilines is 2. The van der Waals surface area contributed by atoms with E-state index in [0.717, 1.165) is 6.26 Å². The smallest absolute Gasteiger partial charge is 0.263 e. The van der Waals surface area contributed by atoms with E-state index in [4.69, 9.17) is 4.74 Å². The van der Waals surface area contributed by atoms with Crippen molar-refractivity contribution in [3.05, 3.63) is 54.2 Å². The highest BCUT2D eigenvalue weighted by Gasteiger charge is 2.14. The van der Waals surface area contributed by atoms with Gasteiger partial charge in [-0.05, 0) is 24.3 Å². The van der Waals surface area contributed by atoms with E-state index in [1.807, 2.05) is 0 Å². The highest BCUT2D eigenvalue weighted by Crippen LogP contribution is 2.33. The molecule has 0 fully saturated rings. The van der Waals surface area contributed by atoms with Crippen molar-refractivity contribution >= 4 is 32.1 Å². The quantitative estimate of drug-likeness (QED) is 0.716. The molecule has 0 aliphatic heterocycles. The summed E-state index contributed by atoms with van der Waals surface area (Å²) in [7, 11) is -1.92. The average Bonchev–Trinajstić information content (AvgIpc) is 2.60. The Morgan fingerprint density at radius 1 is 1.08 bits per heavy atom. The molecule has 0 spiro atoms. The van der Waals surface area contributed by atoms with E-state index < -0.39 is 16.3 Å². The molecule has 0 unspecified atom stereocenters. The Bertz CT molecular complexity index is 1070. The second-order valence-electron chi connectivity index (χ2n) is 5.70. The number of sulfone groups is 1. The highest BCUT2D eigenvalue weighted by molar-refractivity contribution is 7.90. The molecule has 0 saturated carbocycles. The molecule has 2 aromatic carbocycles. The van der Waals surface area contributed by atoms with Gasteiger partial charge < -0.3 is 10.1 Å². The van der Waals surface area contributed by atoms with Crippen molar-refractivity contribution < 1.29 is 21.9 Å². The standard InChI is InChI=1S/C18H16F2N2O3S/c1-25-17-10-12(26(2,23)24)4-6-15(17)22-14-7-8-21-16-9-11(18(19)20)3-5-13(14)16/h3-10,18H,1-2H3,(H,21,22). The molecular formula is C18H16F2N2O3S. The summed E-state index contributed by atoms with van der Waals surface area (Å²) in [6.07, 6.45) is 0.0600. The minimum Gasteiger partial charge on any atom is -0.495 e. The molecule has 3 aromatic rings. The maximum atomic E-state index is 12.9.